The zero-order chi connectivity index (χ0) is 20.3. The monoisotopic (exact) mass is 380 g/mol. The highest BCUT2D eigenvalue weighted by Gasteiger charge is 2.35. The van der Waals surface area contributed by atoms with Crippen LogP contribution in [0.25, 0.3) is 0 Å². The minimum atomic E-state index is -0.328. The van der Waals surface area contributed by atoms with Gasteiger partial charge in [-0.1, -0.05) is 23.8 Å². The van der Waals surface area contributed by atoms with Gasteiger partial charge in [-0.2, -0.15) is 0 Å². The van der Waals surface area contributed by atoms with Crippen molar-refractivity contribution in [2.45, 2.75) is 26.8 Å². The Morgan fingerprint density at radius 3 is 2.36 bits per heavy atom. The fourth-order valence-corrected chi connectivity index (χ4v) is 3.30. The third-order valence-corrected chi connectivity index (χ3v) is 4.94. The van der Waals surface area contributed by atoms with Crippen LogP contribution in [0.2, 0.25) is 0 Å². The molecule has 0 unspecified atom stereocenters. The van der Waals surface area contributed by atoms with Crippen molar-refractivity contribution in [3.05, 3.63) is 64.7 Å². The van der Waals surface area contributed by atoms with Crippen LogP contribution in [0.3, 0.4) is 0 Å². The number of aryl methyl sites for hydroxylation is 1. The maximum absolute atomic E-state index is 12.7. The van der Waals surface area contributed by atoms with E-state index in [0.29, 0.717) is 24.2 Å². The van der Waals surface area contributed by atoms with E-state index in [2.05, 4.69) is 0 Å². The molecule has 2 aromatic carbocycles. The van der Waals surface area contributed by atoms with Crippen LogP contribution in [0.4, 0.5) is 0 Å². The summed E-state index contributed by atoms with van der Waals surface area (Å²) >= 11 is 0. The van der Waals surface area contributed by atoms with Crippen molar-refractivity contribution < 1.29 is 19.1 Å². The van der Waals surface area contributed by atoms with Crippen LogP contribution in [0.5, 0.6) is 5.75 Å². The molecule has 0 saturated heterocycles. The molecule has 0 bridgehead atoms. The molecular weight excluding hydrogens is 356 g/mol. The molecule has 0 atom stereocenters. The number of hydrogen-bond acceptors (Lipinski definition) is 4. The highest BCUT2D eigenvalue weighted by molar-refractivity contribution is 6.21. The van der Waals surface area contributed by atoms with Crippen molar-refractivity contribution in [2.75, 3.05) is 20.2 Å². The summed E-state index contributed by atoms with van der Waals surface area (Å²) in [5.74, 6) is 0.0192. The van der Waals surface area contributed by atoms with Crippen LogP contribution < -0.4 is 4.74 Å². The summed E-state index contributed by atoms with van der Waals surface area (Å²) in [7, 11) is 1.61. The second kappa shape index (κ2) is 8.25. The molecule has 28 heavy (non-hydrogen) atoms. The van der Waals surface area contributed by atoms with Gasteiger partial charge in [-0.05, 0) is 43.7 Å². The van der Waals surface area contributed by atoms with Crippen molar-refractivity contribution in [1.29, 1.82) is 0 Å². The molecule has 2 aromatic rings. The maximum Gasteiger partial charge on any atom is 0.261 e. The average molecular weight is 380 g/mol. The van der Waals surface area contributed by atoms with Gasteiger partial charge in [-0.3, -0.25) is 19.3 Å². The highest BCUT2D eigenvalue weighted by atomic mass is 16.5. The zero-order valence-electron chi connectivity index (χ0n) is 16.4. The van der Waals surface area contributed by atoms with E-state index in [1.807, 2.05) is 44.2 Å². The van der Waals surface area contributed by atoms with Gasteiger partial charge in [0, 0.05) is 26.1 Å². The van der Waals surface area contributed by atoms with E-state index in [1.54, 1.807) is 24.1 Å². The van der Waals surface area contributed by atoms with Gasteiger partial charge in [-0.25, -0.2) is 0 Å². The molecule has 6 nitrogen and oxygen atoms in total. The second-order valence-electron chi connectivity index (χ2n) is 6.82. The first-order chi connectivity index (χ1) is 13.4. The number of carbonyl (C=O) groups excluding carboxylic acids is 3. The number of methoxy groups -OCH3 is 1. The Hall–Kier alpha value is -3.15. The number of imide groups is 1. The van der Waals surface area contributed by atoms with Crippen LogP contribution >= 0.6 is 0 Å². The Labute approximate surface area is 164 Å². The fourth-order valence-electron chi connectivity index (χ4n) is 3.30. The molecule has 1 aliphatic heterocycles. The molecule has 6 heteroatoms. The van der Waals surface area contributed by atoms with E-state index in [4.69, 9.17) is 4.74 Å². The maximum atomic E-state index is 12.7. The fraction of sp³-hybridized carbons (Fsp3) is 0.318. The zero-order valence-corrected chi connectivity index (χ0v) is 16.4. The molecule has 0 aromatic heterocycles. The number of nitrogens with zero attached hydrogens (tertiary/aromatic N) is 2. The Bertz CT molecular complexity index is 905. The number of fused-ring (bicyclic) bond motifs is 1. The number of benzene rings is 2. The van der Waals surface area contributed by atoms with Crippen LogP contribution in [-0.4, -0.2) is 47.7 Å². The summed E-state index contributed by atoms with van der Waals surface area (Å²) in [6, 6.07) is 12.8. The van der Waals surface area contributed by atoms with Crippen molar-refractivity contribution in [3.8, 4) is 5.75 Å². The van der Waals surface area contributed by atoms with Crippen molar-refractivity contribution in [1.82, 2.24) is 9.80 Å². The lowest BCUT2D eigenvalue weighted by atomic mass is 10.1. The first-order valence-electron chi connectivity index (χ1n) is 9.32. The quantitative estimate of drug-likeness (QED) is 0.693. The largest absolute Gasteiger partial charge is 0.497 e. The Kier molecular flexibility index (Phi) is 5.78. The van der Waals surface area contributed by atoms with Crippen LogP contribution in [0.15, 0.2) is 42.5 Å². The smallest absolute Gasteiger partial charge is 0.261 e. The van der Waals surface area contributed by atoms with E-state index in [1.165, 1.54) is 4.90 Å². The van der Waals surface area contributed by atoms with Gasteiger partial charge < -0.3 is 9.64 Å². The van der Waals surface area contributed by atoms with Gasteiger partial charge in [0.05, 0.1) is 18.2 Å². The van der Waals surface area contributed by atoms with Gasteiger partial charge in [0.1, 0.15) is 5.75 Å². The third kappa shape index (κ3) is 3.91. The lowest BCUT2D eigenvalue weighted by Gasteiger charge is -2.22. The summed E-state index contributed by atoms with van der Waals surface area (Å²) in [5.41, 5.74) is 2.75. The first kappa shape index (κ1) is 19.6. The number of rotatable bonds is 7. The van der Waals surface area contributed by atoms with Gasteiger partial charge in [-0.15, -0.1) is 0 Å². The standard InChI is InChI=1S/C22H24N2O4/c1-4-23(14-16-6-8-17(28-3)9-7-16)20(25)11-12-24-21(26)18-10-5-15(2)13-19(18)22(24)27/h5-10,13H,4,11-12,14H2,1-3H3. The lowest BCUT2D eigenvalue weighted by molar-refractivity contribution is -0.131. The minimum absolute atomic E-state index is 0.0866. The SMILES string of the molecule is CCN(Cc1ccc(OC)cc1)C(=O)CCN1C(=O)c2ccc(C)cc2C1=O. The summed E-state index contributed by atoms with van der Waals surface area (Å²) < 4.78 is 5.15. The topological polar surface area (TPSA) is 66.9 Å². The molecule has 146 valence electrons. The second-order valence-corrected chi connectivity index (χ2v) is 6.82. The minimum Gasteiger partial charge on any atom is -0.497 e. The molecule has 0 aliphatic carbocycles. The average Bonchev–Trinajstić information content (AvgIpc) is 2.94. The number of carbonyl (C=O) groups is 3. The predicted molar refractivity (Wildman–Crippen MR) is 105 cm³/mol. The molecule has 0 N–H and O–H groups in total. The summed E-state index contributed by atoms with van der Waals surface area (Å²) in [5, 5.41) is 0. The summed E-state index contributed by atoms with van der Waals surface area (Å²) in [4.78, 5) is 40.6. The van der Waals surface area contributed by atoms with E-state index in [-0.39, 0.29) is 30.7 Å². The third-order valence-electron chi connectivity index (χ3n) is 4.94. The molecular formula is C22H24N2O4. The van der Waals surface area contributed by atoms with E-state index < -0.39 is 0 Å². The van der Waals surface area contributed by atoms with Crippen LogP contribution in [0, 0.1) is 6.92 Å². The molecule has 1 heterocycles. The van der Waals surface area contributed by atoms with Crippen LogP contribution in [-0.2, 0) is 11.3 Å². The van der Waals surface area contributed by atoms with E-state index in [0.717, 1.165) is 16.9 Å². The van der Waals surface area contributed by atoms with Gasteiger partial charge in [0.2, 0.25) is 5.91 Å². The number of amides is 3. The van der Waals surface area contributed by atoms with E-state index in [9.17, 15) is 14.4 Å². The normalized spacial score (nSPS) is 12.9. The molecule has 3 amide bonds. The van der Waals surface area contributed by atoms with Gasteiger partial charge >= 0.3 is 0 Å². The Balaban J connectivity index is 1.62. The highest BCUT2D eigenvalue weighted by Crippen LogP contribution is 2.24. The Morgan fingerprint density at radius 2 is 1.71 bits per heavy atom. The summed E-state index contributed by atoms with van der Waals surface area (Å²) in [6.07, 6.45) is 0.106. The molecule has 1 aliphatic rings. The summed E-state index contributed by atoms with van der Waals surface area (Å²) in [6.45, 7) is 4.89. The van der Waals surface area contributed by atoms with Gasteiger partial charge in [0.25, 0.3) is 11.8 Å². The molecule has 0 saturated carbocycles. The van der Waals surface area contributed by atoms with Gasteiger partial charge in [0.15, 0.2) is 0 Å². The molecule has 3 rings (SSSR count). The van der Waals surface area contributed by atoms with Crippen molar-refractivity contribution in [2.24, 2.45) is 0 Å². The molecule has 0 spiro atoms. The van der Waals surface area contributed by atoms with Crippen LogP contribution in [0.1, 0.15) is 45.2 Å². The molecule has 0 fully saturated rings. The molecule has 0 radical (unpaired) electrons. The van der Waals surface area contributed by atoms with Crippen molar-refractivity contribution >= 4 is 17.7 Å². The predicted octanol–water partition coefficient (Wildman–Crippen LogP) is 3.04. The number of ether oxygens (including phenoxy) is 1. The first-order valence-corrected chi connectivity index (χ1v) is 9.32. The number of hydrogen-bond donors (Lipinski definition) is 0. The Morgan fingerprint density at radius 1 is 1.04 bits per heavy atom. The van der Waals surface area contributed by atoms with E-state index >= 15 is 0 Å². The van der Waals surface area contributed by atoms with Crippen molar-refractivity contribution in [3.63, 3.8) is 0 Å². The lowest BCUT2D eigenvalue weighted by Crippen LogP contribution is -2.36.